The molecule has 1 atom stereocenters. The van der Waals surface area contributed by atoms with E-state index in [0.717, 1.165) is 30.9 Å². The van der Waals surface area contributed by atoms with E-state index < -0.39 is 5.91 Å². The minimum Gasteiger partial charge on any atom is -0.396 e. The summed E-state index contributed by atoms with van der Waals surface area (Å²) in [4.78, 5) is 14.1. The van der Waals surface area contributed by atoms with E-state index in [0.29, 0.717) is 16.4 Å². The molecule has 0 aromatic carbocycles. The number of nitrogens with two attached hydrogens (primary N) is 2. The Balaban J connectivity index is 2.38. The number of anilines is 2. The van der Waals surface area contributed by atoms with Crippen molar-refractivity contribution in [2.45, 2.75) is 26.2 Å². The van der Waals surface area contributed by atoms with Gasteiger partial charge in [0, 0.05) is 13.1 Å². The zero-order valence-corrected chi connectivity index (χ0v) is 11.8. The van der Waals surface area contributed by atoms with Crippen LogP contribution in [0.15, 0.2) is 0 Å². The zero-order chi connectivity index (χ0) is 14.0. The van der Waals surface area contributed by atoms with Crippen LogP contribution >= 0.6 is 11.3 Å². The fourth-order valence-corrected chi connectivity index (χ4v) is 3.52. The molecule has 2 heterocycles. The van der Waals surface area contributed by atoms with Gasteiger partial charge in [-0.15, -0.1) is 11.3 Å². The number of carbonyl (C=O) groups excluding carboxylic acids is 1. The minimum absolute atomic E-state index is 0.229. The maximum absolute atomic E-state index is 11.6. The van der Waals surface area contributed by atoms with Crippen molar-refractivity contribution in [1.82, 2.24) is 0 Å². The molecule has 5 nitrogen and oxygen atoms in total. The van der Waals surface area contributed by atoms with E-state index in [-0.39, 0.29) is 5.69 Å². The van der Waals surface area contributed by atoms with Crippen LogP contribution in [0.25, 0.3) is 0 Å². The zero-order valence-electron chi connectivity index (χ0n) is 11.0. The van der Waals surface area contributed by atoms with Gasteiger partial charge in [0.2, 0.25) is 0 Å². The largest absolute Gasteiger partial charge is 0.396 e. The highest BCUT2D eigenvalue weighted by Gasteiger charge is 2.25. The van der Waals surface area contributed by atoms with Crippen LogP contribution in [0.1, 0.15) is 41.4 Å². The summed E-state index contributed by atoms with van der Waals surface area (Å²) in [5.41, 5.74) is 11.8. The molecule has 1 aromatic heterocycles. The van der Waals surface area contributed by atoms with E-state index in [1.807, 2.05) is 6.07 Å². The number of nitriles is 1. The van der Waals surface area contributed by atoms with E-state index in [1.165, 1.54) is 17.8 Å². The highest BCUT2D eigenvalue weighted by molar-refractivity contribution is 7.17. The van der Waals surface area contributed by atoms with E-state index in [1.54, 1.807) is 0 Å². The summed E-state index contributed by atoms with van der Waals surface area (Å²) in [6.45, 7) is 4.00. The molecule has 1 aromatic rings. The number of rotatable bonds is 2. The van der Waals surface area contributed by atoms with Crippen molar-refractivity contribution < 1.29 is 4.79 Å². The third kappa shape index (κ3) is 2.66. The molecular weight excluding hydrogens is 260 g/mol. The molecule has 0 bridgehead atoms. The quantitative estimate of drug-likeness (QED) is 0.863. The predicted molar refractivity (Wildman–Crippen MR) is 77.2 cm³/mol. The molecule has 0 aliphatic carbocycles. The van der Waals surface area contributed by atoms with Crippen molar-refractivity contribution >= 4 is 27.9 Å². The Hall–Kier alpha value is -1.74. The maximum Gasteiger partial charge on any atom is 0.253 e. The minimum atomic E-state index is -0.553. The molecule has 0 spiro atoms. The van der Waals surface area contributed by atoms with Gasteiger partial charge in [-0.2, -0.15) is 5.26 Å². The number of carbonyl (C=O) groups is 1. The lowest BCUT2D eigenvalue weighted by atomic mass is 10.0. The molecule has 1 fully saturated rings. The molecule has 6 heteroatoms. The van der Waals surface area contributed by atoms with E-state index in [4.69, 9.17) is 16.7 Å². The predicted octanol–water partition coefficient (Wildman–Crippen LogP) is 1.93. The Morgan fingerprint density at radius 1 is 1.47 bits per heavy atom. The summed E-state index contributed by atoms with van der Waals surface area (Å²) >= 11 is 1.27. The summed E-state index contributed by atoms with van der Waals surface area (Å²) in [6, 6.07) is 2.03. The molecule has 1 aliphatic rings. The SMILES string of the molecule is CC1CCCN(c2sc(C#N)c(N)c2C(N)=O)CC1. The van der Waals surface area contributed by atoms with Crippen LogP contribution in [0.3, 0.4) is 0 Å². The highest BCUT2D eigenvalue weighted by atomic mass is 32.1. The molecule has 102 valence electrons. The van der Waals surface area contributed by atoms with Crippen LogP contribution in [0.5, 0.6) is 0 Å². The molecule has 0 radical (unpaired) electrons. The van der Waals surface area contributed by atoms with Gasteiger partial charge in [0.05, 0.1) is 11.3 Å². The summed E-state index contributed by atoms with van der Waals surface area (Å²) in [5.74, 6) is 0.136. The molecule has 2 rings (SSSR count). The van der Waals surface area contributed by atoms with Crippen molar-refractivity contribution in [3.05, 3.63) is 10.4 Å². The monoisotopic (exact) mass is 278 g/mol. The summed E-state index contributed by atoms with van der Waals surface area (Å²) in [5, 5.41) is 9.80. The molecule has 1 unspecified atom stereocenters. The van der Waals surface area contributed by atoms with Crippen LogP contribution in [0, 0.1) is 17.2 Å². The van der Waals surface area contributed by atoms with E-state index >= 15 is 0 Å². The number of thiophene rings is 1. The Labute approximate surface area is 116 Å². The molecule has 0 saturated carbocycles. The van der Waals surface area contributed by atoms with Gasteiger partial charge in [-0.1, -0.05) is 6.92 Å². The van der Waals surface area contributed by atoms with Gasteiger partial charge in [-0.05, 0) is 25.2 Å². The first-order valence-corrected chi connectivity index (χ1v) is 7.23. The topological polar surface area (TPSA) is 96.1 Å². The molecular formula is C13H18N4OS. The summed E-state index contributed by atoms with van der Waals surface area (Å²) in [6.07, 6.45) is 3.35. The third-order valence-electron chi connectivity index (χ3n) is 3.58. The smallest absolute Gasteiger partial charge is 0.253 e. The van der Waals surface area contributed by atoms with Crippen LogP contribution in [0.2, 0.25) is 0 Å². The second-order valence-corrected chi connectivity index (χ2v) is 6.02. The summed E-state index contributed by atoms with van der Waals surface area (Å²) < 4.78 is 0. The van der Waals surface area contributed by atoms with E-state index in [2.05, 4.69) is 11.8 Å². The van der Waals surface area contributed by atoms with Crippen LogP contribution in [-0.4, -0.2) is 19.0 Å². The average Bonchev–Trinajstić information content (AvgIpc) is 2.54. The van der Waals surface area contributed by atoms with Gasteiger partial charge in [0.15, 0.2) is 0 Å². The first kappa shape index (κ1) is 13.7. The van der Waals surface area contributed by atoms with Crippen LogP contribution in [-0.2, 0) is 0 Å². The molecule has 1 aliphatic heterocycles. The molecule has 4 N–H and O–H groups in total. The number of amides is 1. The van der Waals surface area contributed by atoms with Gasteiger partial charge in [-0.3, -0.25) is 4.79 Å². The first-order chi connectivity index (χ1) is 9.04. The van der Waals surface area contributed by atoms with Gasteiger partial charge in [0.1, 0.15) is 15.9 Å². The fourth-order valence-electron chi connectivity index (χ4n) is 2.44. The van der Waals surface area contributed by atoms with Gasteiger partial charge < -0.3 is 16.4 Å². The number of primary amides is 1. The Morgan fingerprint density at radius 2 is 2.21 bits per heavy atom. The van der Waals surface area contributed by atoms with Crippen molar-refractivity contribution in [3.63, 3.8) is 0 Å². The summed E-state index contributed by atoms with van der Waals surface area (Å²) in [7, 11) is 0. The number of nitrogens with zero attached hydrogens (tertiary/aromatic N) is 2. The van der Waals surface area contributed by atoms with Gasteiger partial charge in [-0.25, -0.2) is 0 Å². The maximum atomic E-state index is 11.6. The van der Waals surface area contributed by atoms with Crippen LogP contribution < -0.4 is 16.4 Å². The Bertz CT molecular complexity index is 531. The lowest BCUT2D eigenvalue weighted by molar-refractivity contribution is 0.100. The number of hydrogen-bond acceptors (Lipinski definition) is 5. The number of nitrogen functional groups attached to an aromatic ring is 1. The highest BCUT2D eigenvalue weighted by Crippen LogP contribution is 2.38. The van der Waals surface area contributed by atoms with Gasteiger partial charge >= 0.3 is 0 Å². The third-order valence-corrected chi connectivity index (χ3v) is 4.75. The second-order valence-electron chi connectivity index (χ2n) is 5.02. The Kier molecular flexibility index (Phi) is 3.96. The molecule has 1 saturated heterocycles. The average molecular weight is 278 g/mol. The normalized spacial score (nSPS) is 19.8. The van der Waals surface area contributed by atoms with Crippen molar-refractivity contribution in [2.24, 2.45) is 11.7 Å². The number of hydrogen-bond donors (Lipinski definition) is 2. The van der Waals surface area contributed by atoms with Crippen LogP contribution in [0.4, 0.5) is 10.7 Å². The Morgan fingerprint density at radius 3 is 2.84 bits per heavy atom. The van der Waals surface area contributed by atoms with Crippen molar-refractivity contribution in [3.8, 4) is 6.07 Å². The standard InChI is InChI=1S/C13H18N4OS/c1-8-3-2-5-17(6-4-8)13-10(12(16)18)11(15)9(7-14)19-13/h8H,2-6,15H2,1H3,(H2,16,18). The first-order valence-electron chi connectivity index (χ1n) is 6.41. The molecule has 19 heavy (non-hydrogen) atoms. The lowest BCUT2D eigenvalue weighted by Gasteiger charge is -2.21. The van der Waals surface area contributed by atoms with E-state index in [9.17, 15) is 4.79 Å². The lowest BCUT2D eigenvalue weighted by Crippen LogP contribution is -2.26. The second kappa shape index (κ2) is 5.49. The molecule has 1 amide bonds. The van der Waals surface area contributed by atoms with Crippen molar-refractivity contribution in [2.75, 3.05) is 23.7 Å². The van der Waals surface area contributed by atoms with Crippen molar-refractivity contribution in [1.29, 1.82) is 5.26 Å². The fraction of sp³-hybridized carbons (Fsp3) is 0.538. The van der Waals surface area contributed by atoms with Gasteiger partial charge in [0.25, 0.3) is 5.91 Å².